The topological polar surface area (TPSA) is 80.9 Å². The fourth-order valence-electron chi connectivity index (χ4n) is 3.33. The zero-order valence-electron chi connectivity index (χ0n) is 17.8. The van der Waals surface area contributed by atoms with Gasteiger partial charge in [0.15, 0.2) is 0 Å². The fourth-order valence-corrected chi connectivity index (χ4v) is 3.33. The molecule has 0 saturated heterocycles. The van der Waals surface area contributed by atoms with Gasteiger partial charge in [-0.15, -0.1) is 0 Å². The summed E-state index contributed by atoms with van der Waals surface area (Å²) in [4.78, 5) is 0. The van der Waals surface area contributed by atoms with Crippen LogP contribution in [0.1, 0.15) is 22.3 Å². The lowest BCUT2D eigenvalue weighted by molar-refractivity contribution is 0.447. The van der Waals surface area contributed by atoms with E-state index in [9.17, 15) is 0 Å². The molecule has 4 aromatic rings. The van der Waals surface area contributed by atoms with Gasteiger partial charge < -0.3 is 20.1 Å². The van der Waals surface area contributed by atoms with Gasteiger partial charge in [0.2, 0.25) is 0 Å². The van der Waals surface area contributed by atoms with Crippen LogP contribution in [0.5, 0.6) is 0 Å². The molecule has 0 heterocycles. The molecule has 0 unspecified atom stereocenters. The third kappa shape index (κ3) is 7.37. The predicted molar refractivity (Wildman–Crippen MR) is 134 cm³/mol. The van der Waals surface area contributed by atoms with Gasteiger partial charge in [-0.2, -0.15) is 0 Å². The van der Waals surface area contributed by atoms with Crippen LogP contribution >= 0.6 is 0 Å². The van der Waals surface area contributed by atoms with Gasteiger partial charge in [-0.05, 0) is 33.4 Å². The van der Waals surface area contributed by atoms with Gasteiger partial charge in [0.1, 0.15) is 0 Å². The number of rotatable bonds is 4. The molecule has 0 bridgehead atoms. The molecular formula is C26H26B2O4. The van der Waals surface area contributed by atoms with Crippen LogP contribution < -0.4 is 0 Å². The maximum atomic E-state index is 7.12. The summed E-state index contributed by atoms with van der Waals surface area (Å²) >= 11 is 0. The second kappa shape index (κ2) is 14.6. The lowest BCUT2D eigenvalue weighted by Gasteiger charge is -2.18. The van der Waals surface area contributed by atoms with E-state index in [0.29, 0.717) is 0 Å². The number of benzene rings is 4. The molecule has 6 heteroatoms. The van der Waals surface area contributed by atoms with Crippen molar-refractivity contribution in [2.24, 2.45) is 0 Å². The lowest BCUT2D eigenvalue weighted by Crippen LogP contribution is -1.97. The van der Waals surface area contributed by atoms with Gasteiger partial charge >= 0.3 is 15.4 Å². The molecule has 4 nitrogen and oxygen atoms in total. The lowest BCUT2D eigenvalue weighted by atomic mass is 9.86. The molecule has 0 atom stereocenters. The first-order valence-corrected chi connectivity index (χ1v) is 10.2. The Morgan fingerprint density at radius 2 is 0.500 bits per heavy atom. The van der Waals surface area contributed by atoms with Crippen molar-refractivity contribution >= 4 is 26.5 Å². The molecule has 0 aliphatic rings. The third-order valence-electron chi connectivity index (χ3n) is 4.50. The predicted octanol–water partition coefficient (Wildman–Crippen LogP) is 3.17. The van der Waals surface area contributed by atoms with Crippen LogP contribution in [0.3, 0.4) is 0 Å². The van der Waals surface area contributed by atoms with E-state index in [1.165, 1.54) is 33.4 Å². The molecule has 160 valence electrons. The normalized spacial score (nSPS) is 9.25. The summed E-state index contributed by atoms with van der Waals surface area (Å²) < 4.78 is 0. The highest BCUT2D eigenvalue weighted by molar-refractivity contribution is 6.13. The summed E-state index contributed by atoms with van der Waals surface area (Å²) in [5, 5.41) is 28.5. The molecule has 32 heavy (non-hydrogen) atoms. The van der Waals surface area contributed by atoms with Gasteiger partial charge in [0.05, 0.1) is 0 Å². The number of hydrogen-bond acceptors (Lipinski definition) is 4. The van der Waals surface area contributed by atoms with Crippen molar-refractivity contribution in [3.8, 4) is 0 Å². The van der Waals surface area contributed by atoms with Gasteiger partial charge in [-0.1, -0.05) is 121 Å². The molecule has 0 aromatic heterocycles. The van der Waals surface area contributed by atoms with Crippen molar-refractivity contribution in [2.45, 2.75) is 0 Å². The molecule has 4 rings (SSSR count). The first-order valence-electron chi connectivity index (χ1n) is 10.2. The monoisotopic (exact) mass is 424 g/mol. The van der Waals surface area contributed by atoms with E-state index >= 15 is 0 Å². The molecule has 0 fully saturated rings. The second-order valence-electron chi connectivity index (χ2n) is 6.50. The Labute approximate surface area is 190 Å². The SMILES string of the molecule is OBO.OBO.c1ccc(C(=C(c2ccccc2)c2ccccc2)c2ccccc2)cc1. The maximum Gasteiger partial charge on any atom is 0.432 e. The Balaban J connectivity index is 0.000000547. The van der Waals surface area contributed by atoms with E-state index in [1.807, 2.05) is 0 Å². The van der Waals surface area contributed by atoms with Crippen LogP contribution in [0.4, 0.5) is 0 Å². The standard InChI is InChI=1S/C26H20.2BH3O2/c1-5-13-21(14-6-1)25(22-15-7-2-8-16-22)26(23-17-9-3-10-18-23)24-19-11-4-12-20-24;2*2-1-3/h1-20H;2*1-3H. The summed E-state index contributed by atoms with van der Waals surface area (Å²) in [6.45, 7) is 0. The van der Waals surface area contributed by atoms with Gasteiger partial charge in [0.25, 0.3) is 0 Å². The average Bonchev–Trinajstić information content (AvgIpc) is 2.86. The van der Waals surface area contributed by atoms with Crippen molar-refractivity contribution in [3.63, 3.8) is 0 Å². The van der Waals surface area contributed by atoms with Crippen LogP contribution in [0.15, 0.2) is 121 Å². The first kappa shape index (κ1) is 24.9. The number of hydrogen-bond donors (Lipinski definition) is 4. The average molecular weight is 424 g/mol. The summed E-state index contributed by atoms with van der Waals surface area (Å²) in [6.07, 6.45) is 0. The van der Waals surface area contributed by atoms with Gasteiger partial charge in [-0.3, -0.25) is 0 Å². The molecule has 0 radical (unpaired) electrons. The second-order valence-corrected chi connectivity index (χ2v) is 6.50. The van der Waals surface area contributed by atoms with Gasteiger partial charge in [-0.25, -0.2) is 0 Å². The summed E-state index contributed by atoms with van der Waals surface area (Å²) in [7, 11) is -1.50. The van der Waals surface area contributed by atoms with Crippen molar-refractivity contribution in [1.29, 1.82) is 0 Å². The highest BCUT2D eigenvalue weighted by atomic mass is 16.4. The van der Waals surface area contributed by atoms with E-state index in [1.54, 1.807) is 0 Å². The Morgan fingerprint density at radius 3 is 0.656 bits per heavy atom. The molecule has 4 aromatic carbocycles. The largest absolute Gasteiger partial charge is 0.432 e. The van der Waals surface area contributed by atoms with Crippen molar-refractivity contribution < 1.29 is 20.1 Å². The van der Waals surface area contributed by atoms with Crippen molar-refractivity contribution in [3.05, 3.63) is 144 Å². The van der Waals surface area contributed by atoms with Crippen LogP contribution in [-0.2, 0) is 0 Å². The Bertz CT molecular complexity index is 872. The van der Waals surface area contributed by atoms with Crippen LogP contribution in [0, 0.1) is 0 Å². The van der Waals surface area contributed by atoms with E-state index in [-0.39, 0.29) is 0 Å². The molecule has 0 aliphatic carbocycles. The van der Waals surface area contributed by atoms with Crippen molar-refractivity contribution in [1.82, 2.24) is 0 Å². The minimum atomic E-state index is -0.750. The van der Waals surface area contributed by atoms with E-state index in [2.05, 4.69) is 121 Å². The quantitative estimate of drug-likeness (QED) is 0.300. The Hall–Kier alpha value is -3.41. The zero-order chi connectivity index (χ0) is 23.0. The molecule has 0 aliphatic heterocycles. The van der Waals surface area contributed by atoms with E-state index in [4.69, 9.17) is 20.1 Å². The highest BCUT2D eigenvalue weighted by Crippen LogP contribution is 2.36. The third-order valence-corrected chi connectivity index (χ3v) is 4.50. The highest BCUT2D eigenvalue weighted by Gasteiger charge is 2.15. The molecular weight excluding hydrogens is 398 g/mol. The zero-order valence-corrected chi connectivity index (χ0v) is 17.8. The van der Waals surface area contributed by atoms with Gasteiger partial charge in [0, 0.05) is 0 Å². The minimum Gasteiger partial charge on any atom is -0.430 e. The van der Waals surface area contributed by atoms with Crippen molar-refractivity contribution in [2.75, 3.05) is 0 Å². The Morgan fingerprint density at radius 1 is 0.344 bits per heavy atom. The molecule has 4 N–H and O–H groups in total. The fraction of sp³-hybridized carbons (Fsp3) is 0. The summed E-state index contributed by atoms with van der Waals surface area (Å²) in [5.41, 5.74) is 7.40. The summed E-state index contributed by atoms with van der Waals surface area (Å²) in [6, 6.07) is 42.6. The van der Waals surface area contributed by atoms with Crippen LogP contribution in [0.2, 0.25) is 0 Å². The summed E-state index contributed by atoms with van der Waals surface area (Å²) in [5.74, 6) is 0. The minimum absolute atomic E-state index is 0.750. The maximum absolute atomic E-state index is 7.12. The van der Waals surface area contributed by atoms with Crippen LogP contribution in [0.25, 0.3) is 11.1 Å². The van der Waals surface area contributed by atoms with Crippen LogP contribution in [-0.4, -0.2) is 35.5 Å². The van der Waals surface area contributed by atoms with E-state index < -0.39 is 15.4 Å². The Kier molecular flexibility index (Phi) is 11.3. The first-order chi connectivity index (χ1) is 15.8. The molecule has 0 saturated carbocycles. The van der Waals surface area contributed by atoms with E-state index in [0.717, 1.165) is 0 Å². The molecule has 0 spiro atoms. The smallest absolute Gasteiger partial charge is 0.430 e. The molecule has 0 amide bonds.